The normalized spacial score (nSPS) is 18.8. The molecule has 124 valence electrons. The monoisotopic (exact) mass is 340 g/mol. The Hall–Kier alpha value is -2.14. The molecule has 1 heterocycles. The number of rotatable bonds is 2. The van der Waals surface area contributed by atoms with Crippen LogP contribution < -0.4 is 5.32 Å². The Kier molecular flexibility index (Phi) is 3.68. The quantitative estimate of drug-likeness (QED) is 0.909. The lowest BCUT2D eigenvalue weighted by Gasteiger charge is -2.35. The van der Waals surface area contributed by atoms with Crippen LogP contribution in [0.3, 0.4) is 0 Å². The van der Waals surface area contributed by atoms with Gasteiger partial charge in [-0.3, -0.25) is 4.21 Å². The molecule has 1 saturated carbocycles. The molecule has 1 N–H and O–H groups in total. The Morgan fingerprint density at radius 3 is 2.50 bits per heavy atom. The van der Waals surface area contributed by atoms with Crippen molar-refractivity contribution in [2.75, 3.05) is 18.1 Å². The van der Waals surface area contributed by atoms with E-state index in [0.717, 1.165) is 30.0 Å². The van der Waals surface area contributed by atoms with Crippen LogP contribution in [0.4, 0.5) is 10.5 Å². The number of fused-ring (bicyclic) bond motifs is 2. The molecule has 0 saturated heterocycles. The van der Waals surface area contributed by atoms with Gasteiger partial charge in [-0.25, -0.2) is 4.79 Å². The second-order valence-corrected chi connectivity index (χ2v) is 8.08. The second kappa shape index (κ2) is 5.74. The zero-order chi connectivity index (χ0) is 16.7. The third-order valence-electron chi connectivity index (χ3n) is 5.02. The maximum absolute atomic E-state index is 12.7. The van der Waals surface area contributed by atoms with E-state index < -0.39 is 10.8 Å². The lowest BCUT2D eigenvalue weighted by Crippen LogP contribution is -2.43. The van der Waals surface area contributed by atoms with Gasteiger partial charge in [-0.1, -0.05) is 24.3 Å². The van der Waals surface area contributed by atoms with Crippen molar-refractivity contribution in [1.82, 2.24) is 4.90 Å². The van der Waals surface area contributed by atoms with Crippen LogP contribution in [0.2, 0.25) is 0 Å². The highest BCUT2D eigenvalue weighted by atomic mass is 32.2. The van der Waals surface area contributed by atoms with Crippen LogP contribution >= 0.6 is 0 Å². The van der Waals surface area contributed by atoms with Crippen LogP contribution in [0.1, 0.15) is 24.0 Å². The van der Waals surface area contributed by atoms with Gasteiger partial charge in [0.15, 0.2) is 0 Å². The van der Waals surface area contributed by atoms with Gasteiger partial charge in [0, 0.05) is 46.1 Å². The molecule has 2 amide bonds. The van der Waals surface area contributed by atoms with Gasteiger partial charge in [-0.15, -0.1) is 0 Å². The van der Waals surface area contributed by atoms with E-state index in [1.165, 1.54) is 11.1 Å². The second-order valence-electron chi connectivity index (χ2n) is 6.70. The summed E-state index contributed by atoms with van der Waals surface area (Å²) in [6, 6.07) is 15.6. The predicted molar refractivity (Wildman–Crippen MR) is 95.6 cm³/mol. The van der Waals surface area contributed by atoms with Crippen molar-refractivity contribution >= 4 is 22.5 Å². The van der Waals surface area contributed by atoms with Gasteiger partial charge in [0.2, 0.25) is 0 Å². The fraction of sp³-hybridized carbons (Fsp3) is 0.316. The average molecular weight is 340 g/mol. The summed E-state index contributed by atoms with van der Waals surface area (Å²) >= 11 is 0. The van der Waals surface area contributed by atoms with E-state index in [9.17, 15) is 9.00 Å². The first kappa shape index (κ1) is 15.4. The summed E-state index contributed by atoms with van der Waals surface area (Å²) in [5.74, 6) is 0. The van der Waals surface area contributed by atoms with E-state index in [0.29, 0.717) is 6.54 Å². The number of nitrogens with zero attached hydrogens (tertiary/aromatic N) is 1. The highest BCUT2D eigenvalue weighted by Gasteiger charge is 2.49. The van der Waals surface area contributed by atoms with E-state index in [1.807, 2.05) is 11.0 Å². The molecular formula is C19H20N2O2S. The van der Waals surface area contributed by atoms with Crippen molar-refractivity contribution in [3.8, 4) is 0 Å². The van der Waals surface area contributed by atoms with E-state index in [-0.39, 0.29) is 11.4 Å². The third-order valence-corrected chi connectivity index (χ3v) is 5.96. The summed E-state index contributed by atoms with van der Waals surface area (Å²) < 4.78 is 11.4. The molecule has 2 aromatic rings. The number of nitrogens with one attached hydrogen (secondary N) is 1. The molecule has 1 fully saturated rings. The van der Waals surface area contributed by atoms with Crippen molar-refractivity contribution < 1.29 is 9.00 Å². The van der Waals surface area contributed by atoms with Gasteiger partial charge in [-0.05, 0) is 48.2 Å². The summed E-state index contributed by atoms with van der Waals surface area (Å²) in [6.45, 7) is 1.44. The Labute approximate surface area is 144 Å². The number of amides is 2. The van der Waals surface area contributed by atoms with Crippen molar-refractivity contribution in [3.63, 3.8) is 0 Å². The molecule has 0 bridgehead atoms. The van der Waals surface area contributed by atoms with Crippen LogP contribution in [0.5, 0.6) is 0 Å². The van der Waals surface area contributed by atoms with E-state index in [2.05, 4.69) is 23.5 Å². The van der Waals surface area contributed by atoms with Gasteiger partial charge in [0.1, 0.15) is 0 Å². The first-order valence-corrected chi connectivity index (χ1v) is 9.71. The van der Waals surface area contributed by atoms with Crippen LogP contribution in [0.15, 0.2) is 53.4 Å². The minimum atomic E-state index is -1.00. The molecule has 24 heavy (non-hydrogen) atoms. The molecule has 2 aromatic carbocycles. The van der Waals surface area contributed by atoms with Crippen molar-refractivity contribution in [2.24, 2.45) is 0 Å². The maximum atomic E-state index is 12.7. The summed E-state index contributed by atoms with van der Waals surface area (Å²) in [5.41, 5.74) is 3.59. The van der Waals surface area contributed by atoms with Crippen molar-refractivity contribution in [3.05, 3.63) is 59.7 Å². The SMILES string of the molecule is C[S@@](=O)c1ccc(NC(=O)N2Cc3ccccc3C3(CC3)C2)cc1. The summed E-state index contributed by atoms with van der Waals surface area (Å²) in [4.78, 5) is 15.3. The average Bonchev–Trinajstić information content (AvgIpc) is 3.35. The minimum absolute atomic E-state index is 0.0684. The Bertz CT molecular complexity index is 812. The molecule has 2 aliphatic rings. The topological polar surface area (TPSA) is 49.4 Å². The molecule has 5 heteroatoms. The number of hydrogen-bond acceptors (Lipinski definition) is 2. The molecule has 1 aliphatic carbocycles. The first-order chi connectivity index (χ1) is 11.6. The predicted octanol–water partition coefficient (Wildman–Crippen LogP) is 3.50. The zero-order valence-electron chi connectivity index (χ0n) is 13.6. The fourth-order valence-corrected chi connectivity index (χ4v) is 4.06. The summed E-state index contributed by atoms with van der Waals surface area (Å²) in [6.07, 6.45) is 3.96. The number of anilines is 1. The Balaban J connectivity index is 1.51. The van der Waals surface area contributed by atoms with Gasteiger partial charge in [0.05, 0.1) is 0 Å². The standard InChI is InChI=1S/C19H20N2O2S/c1-24(23)16-8-6-15(7-9-16)20-18(22)21-12-14-4-2-3-5-17(14)19(13-21)10-11-19/h2-9H,10-13H2,1H3,(H,20,22)/t24-/m1/s1. The number of benzene rings is 2. The largest absolute Gasteiger partial charge is 0.322 e. The number of hydrogen-bond donors (Lipinski definition) is 1. The fourth-order valence-electron chi connectivity index (χ4n) is 3.54. The van der Waals surface area contributed by atoms with Gasteiger partial charge in [-0.2, -0.15) is 0 Å². The van der Waals surface area contributed by atoms with Crippen LogP contribution in [-0.2, 0) is 22.8 Å². The molecule has 4 nitrogen and oxygen atoms in total. The highest BCUT2D eigenvalue weighted by Crippen LogP contribution is 2.52. The zero-order valence-corrected chi connectivity index (χ0v) is 14.4. The van der Waals surface area contributed by atoms with E-state index in [4.69, 9.17) is 0 Å². The number of carbonyl (C=O) groups is 1. The van der Waals surface area contributed by atoms with Gasteiger partial charge >= 0.3 is 6.03 Å². The highest BCUT2D eigenvalue weighted by molar-refractivity contribution is 7.84. The maximum Gasteiger partial charge on any atom is 0.322 e. The molecule has 4 rings (SSSR count). The van der Waals surface area contributed by atoms with Crippen molar-refractivity contribution in [2.45, 2.75) is 29.7 Å². The molecule has 0 radical (unpaired) electrons. The lowest BCUT2D eigenvalue weighted by atomic mass is 9.87. The summed E-state index contributed by atoms with van der Waals surface area (Å²) in [7, 11) is -1.00. The lowest BCUT2D eigenvalue weighted by molar-refractivity contribution is 0.197. The van der Waals surface area contributed by atoms with Crippen molar-refractivity contribution in [1.29, 1.82) is 0 Å². The van der Waals surface area contributed by atoms with Crippen LogP contribution in [0, 0.1) is 0 Å². The number of urea groups is 1. The summed E-state index contributed by atoms with van der Waals surface area (Å²) in [5, 5.41) is 2.96. The van der Waals surface area contributed by atoms with E-state index in [1.54, 1.807) is 30.5 Å². The molecule has 1 atom stereocenters. The number of carbonyl (C=O) groups excluding carboxylic acids is 1. The molecule has 0 aromatic heterocycles. The molecular weight excluding hydrogens is 320 g/mol. The first-order valence-electron chi connectivity index (χ1n) is 8.15. The minimum Gasteiger partial charge on any atom is -0.319 e. The third kappa shape index (κ3) is 2.73. The van der Waals surface area contributed by atoms with Gasteiger partial charge in [0.25, 0.3) is 0 Å². The van der Waals surface area contributed by atoms with Crippen LogP contribution in [0.25, 0.3) is 0 Å². The smallest absolute Gasteiger partial charge is 0.319 e. The Morgan fingerprint density at radius 1 is 1.12 bits per heavy atom. The van der Waals surface area contributed by atoms with Gasteiger partial charge < -0.3 is 10.2 Å². The Morgan fingerprint density at radius 2 is 1.83 bits per heavy atom. The molecule has 1 spiro atoms. The van der Waals surface area contributed by atoms with E-state index >= 15 is 0 Å². The molecule has 1 aliphatic heterocycles. The van der Waals surface area contributed by atoms with Crippen LogP contribution in [-0.4, -0.2) is 27.9 Å². The molecule has 0 unspecified atom stereocenters.